The number of thiazole rings is 1. The van der Waals surface area contributed by atoms with Gasteiger partial charge in [-0.15, -0.1) is 11.3 Å². The molecule has 0 spiro atoms. The van der Waals surface area contributed by atoms with E-state index in [9.17, 15) is 9.59 Å². The summed E-state index contributed by atoms with van der Waals surface area (Å²) in [7, 11) is 1.54. The summed E-state index contributed by atoms with van der Waals surface area (Å²) < 4.78 is 11.6. The van der Waals surface area contributed by atoms with Crippen LogP contribution >= 0.6 is 22.9 Å². The Labute approximate surface area is 187 Å². The van der Waals surface area contributed by atoms with Crippen molar-refractivity contribution in [3.63, 3.8) is 0 Å². The molecule has 3 aromatic rings. The van der Waals surface area contributed by atoms with Gasteiger partial charge < -0.3 is 19.7 Å². The number of amides is 2. The number of halogens is 1. The number of rotatable bonds is 6. The molecule has 1 aliphatic heterocycles. The first kappa shape index (κ1) is 21.5. The lowest BCUT2D eigenvalue weighted by Gasteiger charge is -2.32. The number of carbonyl (C=O) groups is 2. The number of ether oxygens (including phenoxy) is 2. The van der Waals surface area contributed by atoms with Crippen molar-refractivity contribution in [2.75, 3.05) is 33.4 Å². The molecule has 0 unspecified atom stereocenters. The molecule has 164 valence electrons. The summed E-state index contributed by atoms with van der Waals surface area (Å²) in [5.74, 6) is 0.143. The first-order chi connectivity index (χ1) is 15.0. The lowest BCUT2D eigenvalue weighted by atomic mass is 10.0. The van der Waals surface area contributed by atoms with Crippen LogP contribution in [0.5, 0.6) is 0 Å². The van der Waals surface area contributed by atoms with Crippen LogP contribution in [0.3, 0.4) is 0 Å². The molecule has 3 aromatic heterocycles. The molecule has 2 amide bonds. The van der Waals surface area contributed by atoms with Gasteiger partial charge in [-0.3, -0.25) is 4.79 Å². The highest BCUT2D eigenvalue weighted by atomic mass is 35.5. The largest absolute Gasteiger partial charge is 0.447 e. The number of aromatic nitrogens is 4. The quantitative estimate of drug-likeness (QED) is 0.440. The molecule has 10 nitrogen and oxygen atoms in total. The van der Waals surface area contributed by atoms with Gasteiger partial charge in [-0.05, 0) is 12.8 Å². The number of hydrogen-bond acceptors (Lipinski definition) is 8. The van der Waals surface area contributed by atoms with E-state index in [0.717, 1.165) is 10.4 Å². The maximum absolute atomic E-state index is 13.0. The van der Waals surface area contributed by atoms with Crippen LogP contribution in [0.4, 0.5) is 4.79 Å². The molecule has 31 heavy (non-hydrogen) atoms. The minimum absolute atomic E-state index is 0.0526. The number of nitrogens with zero attached hydrogens (tertiary/aromatic N) is 5. The highest BCUT2D eigenvalue weighted by Crippen LogP contribution is 2.26. The highest BCUT2D eigenvalue weighted by Gasteiger charge is 2.26. The monoisotopic (exact) mass is 464 g/mol. The summed E-state index contributed by atoms with van der Waals surface area (Å²) in [4.78, 5) is 36.1. The fraction of sp³-hybridized carbons (Fsp3) is 0.421. The van der Waals surface area contributed by atoms with Gasteiger partial charge in [0.1, 0.15) is 22.3 Å². The lowest BCUT2D eigenvalue weighted by molar-refractivity contribution is 0.0687. The van der Waals surface area contributed by atoms with Gasteiger partial charge in [0.05, 0.1) is 18.4 Å². The number of fused-ring (bicyclic) bond motifs is 1. The number of carbonyl (C=O) groups excluding carboxylic acids is 2. The molecule has 1 aliphatic rings. The Kier molecular flexibility index (Phi) is 6.64. The zero-order valence-corrected chi connectivity index (χ0v) is 18.4. The van der Waals surface area contributed by atoms with Gasteiger partial charge in [-0.1, -0.05) is 11.6 Å². The van der Waals surface area contributed by atoms with Crippen LogP contribution in [0.25, 0.3) is 16.2 Å². The van der Waals surface area contributed by atoms with Crippen LogP contribution in [0.1, 0.15) is 23.3 Å². The summed E-state index contributed by atoms with van der Waals surface area (Å²) in [6, 6.07) is 1.42. The molecule has 0 atom stereocenters. The molecule has 0 radical (unpaired) electrons. The van der Waals surface area contributed by atoms with Gasteiger partial charge in [-0.2, -0.15) is 5.10 Å². The smallest absolute Gasteiger partial charge is 0.407 e. The number of likely N-dealkylation sites (tertiary alicyclic amines) is 1. The molecular formula is C19H21ClN6O4S. The van der Waals surface area contributed by atoms with E-state index in [1.165, 1.54) is 17.4 Å². The number of piperidine rings is 1. The topological polar surface area (TPSA) is 111 Å². The van der Waals surface area contributed by atoms with Crippen LogP contribution < -0.4 is 5.32 Å². The minimum atomic E-state index is -0.477. The molecule has 1 saturated heterocycles. The van der Waals surface area contributed by atoms with Gasteiger partial charge in [0.2, 0.25) is 0 Å². The van der Waals surface area contributed by atoms with Crippen molar-refractivity contribution in [3.05, 3.63) is 34.7 Å². The third-order valence-corrected chi connectivity index (χ3v) is 5.99. The number of methoxy groups -OCH3 is 1. The predicted molar refractivity (Wildman–Crippen MR) is 114 cm³/mol. The van der Waals surface area contributed by atoms with E-state index in [4.69, 9.17) is 21.1 Å². The van der Waals surface area contributed by atoms with Crippen molar-refractivity contribution in [3.8, 4) is 11.4 Å². The van der Waals surface area contributed by atoms with Crippen molar-refractivity contribution in [1.29, 1.82) is 0 Å². The SMILES string of the molecule is COCCOC(=O)NC1CCN(C(=O)c2cc(Cl)nc(-c3cnn4ccsc34)n2)CC1. The van der Waals surface area contributed by atoms with Gasteiger partial charge >= 0.3 is 6.09 Å². The van der Waals surface area contributed by atoms with E-state index < -0.39 is 6.09 Å². The Bertz CT molecular complexity index is 1080. The fourth-order valence-corrected chi connectivity index (χ4v) is 4.32. The standard InChI is InChI=1S/C19H21ClN6O4S/c1-29-7-8-30-19(28)22-12-2-4-25(5-3-12)17(27)14-10-15(20)24-16(23-14)13-11-21-26-6-9-31-18(13)26/h6,9-12H,2-5,7-8H2,1H3,(H,22,28). The molecule has 0 saturated carbocycles. The van der Waals surface area contributed by atoms with Crippen molar-refractivity contribution in [2.24, 2.45) is 0 Å². The summed E-state index contributed by atoms with van der Waals surface area (Å²) in [6.07, 6.45) is 4.27. The summed E-state index contributed by atoms with van der Waals surface area (Å²) in [5, 5.41) is 9.18. The Morgan fingerprint density at radius 3 is 2.87 bits per heavy atom. The molecule has 0 bridgehead atoms. The van der Waals surface area contributed by atoms with Gasteiger partial charge in [0.25, 0.3) is 5.91 Å². The maximum atomic E-state index is 13.0. The van der Waals surface area contributed by atoms with E-state index in [1.807, 2.05) is 11.6 Å². The van der Waals surface area contributed by atoms with Gasteiger partial charge in [-0.25, -0.2) is 19.3 Å². The number of hydrogen-bond donors (Lipinski definition) is 1. The number of alkyl carbamates (subject to hydrolysis) is 1. The molecule has 4 heterocycles. The van der Waals surface area contributed by atoms with Crippen LogP contribution in [0, 0.1) is 0 Å². The molecular weight excluding hydrogens is 444 g/mol. The molecule has 0 aromatic carbocycles. The first-order valence-corrected chi connectivity index (χ1v) is 11.0. The Morgan fingerprint density at radius 1 is 1.29 bits per heavy atom. The molecule has 1 fully saturated rings. The second kappa shape index (κ2) is 9.58. The fourth-order valence-electron chi connectivity index (χ4n) is 3.34. The van der Waals surface area contributed by atoms with Crippen LogP contribution in [-0.4, -0.2) is 75.9 Å². The third kappa shape index (κ3) is 4.94. The van der Waals surface area contributed by atoms with E-state index in [0.29, 0.717) is 38.4 Å². The van der Waals surface area contributed by atoms with Crippen molar-refractivity contribution in [2.45, 2.75) is 18.9 Å². The van der Waals surface area contributed by atoms with Crippen LogP contribution in [0.15, 0.2) is 23.8 Å². The Hall–Kier alpha value is -2.76. The van der Waals surface area contributed by atoms with E-state index >= 15 is 0 Å². The van der Waals surface area contributed by atoms with Crippen LogP contribution in [0.2, 0.25) is 5.15 Å². The van der Waals surface area contributed by atoms with Crippen molar-refractivity contribution < 1.29 is 19.1 Å². The van der Waals surface area contributed by atoms with E-state index in [2.05, 4.69) is 20.4 Å². The first-order valence-electron chi connectivity index (χ1n) is 9.72. The maximum Gasteiger partial charge on any atom is 0.407 e. The average molecular weight is 465 g/mol. The van der Waals surface area contributed by atoms with Gasteiger partial charge in [0.15, 0.2) is 5.82 Å². The number of nitrogens with one attached hydrogen (secondary N) is 1. The summed E-state index contributed by atoms with van der Waals surface area (Å²) in [6.45, 7) is 1.52. The minimum Gasteiger partial charge on any atom is -0.447 e. The predicted octanol–water partition coefficient (Wildman–Crippen LogP) is 2.48. The molecule has 1 N–H and O–H groups in total. The van der Waals surface area contributed by atoms with Crippen molar-refractivity contribution in [1.82, 2.24) is 29.8 Å². The van der Waals surface area contributed by atoms with Crippen LogP contribution in [-0.2, 0) is 9.47 Å². The molecule has 0 aliphatic carbocycles. The normalized spacial score (nSPS) is 14.7. The second-order valence-corrected chi connectivity index (χ2v) is 8.23. The molecule has 12 heteroatoms. The zero-order valence-electron chi connectivity index (χ0n) is 16.8. The Balaban J connectivity index is 1.40. The summed E-state index contributed by atoms with van der Waals surface area (Å²) in [5.41, 5.74) is 0.956. The Morgan fingerprint density at radius 2 is 2.10 bits per heavy atom. The average Bonchev–Trinajstić information content (AvgIpc) is 3.37. The van der Waals surface area contributed by atoms with E-state index in [1.54, 1.807) is 22.7 Å². The molecule has 4 rings (SSSR count). The highest BCUT2D eigenvalue weighted by molar-refractivity contribution is 7.16. The third-order valence-electron chi connectivity index (χ3n) is 4.91. The second-order valence-electron chi connectivity index (χ2n) is 6.95. The zero-order chi connectivity index (χ0) is 21.8. The lowest BCUT2D eigenvalue weighted by Crippen LogP contribution is -2.47. The summed E-state index contributed by atoms with van der Waals surface area (Å²) >= 11 is 7.70. The van der Waals surface area contributed by atoms with Gasteiger partial charge in [0, 0.05) is 43.9 Å². The van der Waals surface area contributed by atoms with E-state index in [-0.39, 0.29) is 29.4 Å². The van der Waals surface area contributed by atoms with Crippen molar-refractivity contribution >= 4 is 39.8 Å².